The highest BCUT2D eigenvalue weighted by atomic mass is 127. The second kappa shape index (κ2) is 13.0. The number of hydrogen-bond acceptors (Lipinski definition) is 7. The molecule has 0 bridgehead atoms. The molecule has 0 spiro atoms. The molecule has 3 aromatic carbocycles. The van der Waals surface area contributed by atoms with Gasteiger partial charge in [-0.2, -0.15) is 15.1 Å². The molecule has 0 aliphatic carbocycles. The van der Waals surface area contributed by atoms with Crippen LogP contribution in [0, 0.1) is 14.9 Å². The van der Waals surface area contributed by atoms with Crippen LogP contribution in [0.25, 0.3) is 0 Å². The summed E-state index contributed by atoms with van der Waals surface area (Å²) in [7, 11) is -2.50. The summed E-state index contributed by atoms with van der Waals surface area (Å²) in [5, 5.41) is 12.7. The second-order valence-corrected chi connectivity index (χ2v) is 10.4. The van der Waals surface area contributed by atoms with Gasteiger partial charge in [-0.05, 0) is 82.6 Å². The maximum Gasteiger partial charge on any atom is 0.258 e. The summed E-state index contributed by atoms with van der Waals surface area (Å²) in [4.78, 5) is 13.0. The van der Waals surface area contributed by atoms with Crippen LogP contribution >= 0.6 is 22.6 Å². The van der Waals surface area contributed by atoms with E-state index in [1.165, 1.54) is 25.5 Å². The Kier molecular flexibility index (Phi) is 9.80. The van der Waals surface area contributed by atoms with Gasteiger partial charge < -0.3 is 9.47 Å². The number of ether oxygens (including phenoxy) is 2. The van der Waals surface area contributed by atoms with Crippen LogP contribution in [0.1, 0.15) is 11.1 Å². The summed E-state index contributed by atoms with van der Waals surface area (Å²) in [6, 6.07) is 21.1. The van der Waals surface area contributed by atoms with E-state index in [-0.39, 0.29) is 17.9 Å². The Labute approximate surface area is 223 Å². The number of methoxy groups -OCH3 is 1. The van der Waals surface area contributed by atoms with Gasteiger partial charge in [0.25, 0.3) is 5.91 Å². The molecule has 0 aliphatic rings. The number of benzene rings is 3. The minimum Gasteiger partial charge on any atom is -0.493 e. The van der Waals surface area contributed by atoms with E-state index in [2.05, 4.69) is 37.8 Å². The number of hydrazone groups is 1. The van der Waals surface area contributed by atoms with Crippen LogP contribution in [-0.2, 0) is 21.2 Å². The molecule has 0 saturated carbocycles. The highest BCUT2D eigenvalue weighted by Crippen LogP contribution is 2.27. The first-order valence-corrected chi connectivity index (χ1v) is 13.2. The fourth-order valence-corrected chi connectivity index (χ4v) is 4.70. The van der Waals surface area contributed by atoms with Crippen molar-refractivity contribution in [1.82, 2.24) is 10.1 Å². The third-order valence-electron chi connectivity index (χ3n) is 4.89. The number of amides is 1. The maximum absolute atomic E-state index is 13.0. The van der Waals surface area contributed by atoms with Crippen LogP contribution < -0.4 is 19.6 Å². The molecule has 186 valence electrons. The lowest BCUT2D eigenvalue weighted by Crippen LogP contribution is -2.46. The number of nitrogens with one attached hydrogen (secondary N) is 2. The number of carbonyl (C=O) groups excluding carboxylic acids is 1. The van der Waals surface area contributed by atoms with Crippen LogP contribution in [0.2, 0.25) is 0 Å². The minimum absolute atomic E-state index is 0.0584. The summed E-state index contributed by atoms with van der Waals surface area (Å²) >= 11 is 2.08. The molecule has 1 amide bonds. The van der Waals surface area contributed by atoms with Crippen LogP contribution in [0.15, 0.2) is 82.8 Å². The van der Waals surface area contributed by atoms with E-state index in [1.54, 1.807) is 30.3 Å². The Hall–Kier alpha value is -3.47. The van der Waals surface area contributed by atoms with Crippen molar-refractivity contribution in [3.63, 3.8) is 0 Å². The van der Waals surface area contributed by atoms with Gasteiger partial charge in [-0.3, -0.25) is 4.79 Å². The minimum atomic E-state index is -3.96. The van der Waals surface area contributed by atoms with Gasteiger partial charge in [0.1, 0.15) is 12.1 Å². The van der Waals surface area contributed by atoms with Gasteiger partial charge in [-0.1, -0.05) is 30.3 Å². The molecule has 0 aliphatic heterocycles. The summed E-state index contributed by atoms with van der Waals surface area (Å²) < 4.78 is 39.8. The Bertz CT molecular complexity index is 1360. The van der Waals surface area contributed by atoms with E-state index in [1.807, 2.05) is 36.4 Å². The zero-order chi connectivity index (χ0) is 26.0. The first-order valence-electron chi connectivity index (χ1n) is 10.6. The molecule has 11 heteroatoms. The number of halogens is 1. The monoisotopic (exact) mass is 618 g/mol. The van der Waals surface area contributed by atoms with E-state index in [9.17, 15) is 13.2 Å². The smallest absolute Gasteiger partial charge is 0.258 e. The van der Waals surface area contributed by atoms with Crippen LogP contribution in [0.4, 0.5) is 0 Å². The first kappa shape index (κ1) is 27.1. The average Bonchev–Trinajstić information content (AvgIpc) is 2.88. The van der Waals surface area contributed by atoms with Crippen molar-refractivity contribution in [2.75, 3.05) is 13.7 Å². The second-order valence-electron chi connectivity index (χ2n) is 7.41. The van der Waals surface area contributed by atoms with Crippen molar-refractivity contribution in [3.05, 3.63) is 87.5 Å². The van der Waals surface area contributed by atoms with E-state index in [0.717, 1.165) is 9.13 Å². The zero-order valence-electron chi connectivity index (χ0n) is 19.2. The lowest BCUT2D eigenvalue weighted by atomic mass is 10.1. The predicted molar refractivity (Wildman–Crippen MR) is 143 cm³/mol. The lowest BCUT2D eigenvalue weighted by Gasteiger charge is -2.17. The molecule has 3 rings (SSSR count). The quantitative estimate of drug-likeness (QED) is 0.193. The van der Waals surface area contributed by atoms with Gasteiger partial charge in [0.05, 0.1) is 18.2 Å². The molecule has 9 nitrogen and oxygen atoms in total. The van der Waals surface area contributed by atoms with E-state index in [0.29, 0.717) is 17.1 Å². The summed E-state index contributed by atoms with van der Waals surface area (Å²) in [6.07, 6.45) is 1.52. The zero-order valence-corrected chi connectivity index (χ0v) is 22.2. The maximum atomic E-state index is 13.0. The number of carbonyl (C=O) groups is 1. The predicted octanol–water partition coefficient (Wildman–Crippen LogP) is 3.24. The van der Waals surface area contributed by atoms with Crippen molar-refractivity contribution in [2.45, 2.75) is 17.4 Å². The van der Waals surface area contributed by atoms with Crippen molar-refractivity contribution in [2.24, 2.45) is 5.10 Å². The third kappa shape index (κ3) is 7.77. The highest BCUT2D eigenvalue weighted by Gasteiger charge is 2.26. The molecule has 0 unspecified atom stereocenters. The van der Waals surface area contributed by atoms with E-state index < -0.39 is 22.0 Å². The van der Waals surface area contributed by atoms with Gasteiger partial charge in [-0.25, -0.2) is 13.8 Å². The fourth-order valence-electron chi connectivity index (χ4n) is 3.15. The molecule has 0 aromatic heterocycles. The molecular weight excluding hydrogens is 595 g/mol. The number of rotatable bonds is 11. The summed E-state index contributed by atoms with van der Waals surface area (Å²) in [5.41, 5.74) is 3.78. The Morgan fingerprint density at radius 2 is 1.83 bits per heavy atom. The molecule has 36 heavy (non-hydrogen) atoms. The molecule has 0 radical (unpaired) electrons. The Balaban J connectivity index is 1.76. The fraction of sp³-hybridized carbons (Fsp3) is 0.160. The van der Waals surface area contributed by atoms with Gasteiger partial charge in [0, 0.05) is 3.57 Å². The molecule has 1 atom stereocenters. The molecule has 0 saturated heterocycles. The van der Waals surface area contributed by atoms with Crippen molar-refractivity contribution < 1.29 is 22.7 Å². The number of nitrogens with zero attached hydrogens (tertiary/aromatic N) is 2. The van der Waals surface area contributed by atoms with E-state index >= 15 is 0 Å². The SMILES string of the molecule is COc1cc(/C=N\NC(=O)[C@@H](Cc2ccccc2)NS(=O)(=O)c2ccc(I)cc2)ccc1OCC#N. The van der Waals surface area contributed by atoms with Crippen molar-refractivity contribution in [3.8, 4) is 17.6 Å². The Morgan fingerprint density at radius 1 is 1.11 bits per heavy atom. The number of hydrogen-bond donors (Lipinski definition) is 2. The van der Waals surface area contributed by atoms with Gasteiger partial charge in [0.15, 0.2) is 18.1 Å². The van der Waals surface area contributed by atoms with Crippen LogP contribution in [0.5, 0.6) is 11.5 Å². The average molecular weight is 618 g/mol. The van der Waals surface area contributed by atoms with Gasteiger partial charge >= 0.3 is 0 Å². The van der Waals surface area contributed by atoms with Crippen LogP contribution in [0.3, 0.4) is 0 Å². The summed E-state index contributed by atoms with van der Waals surface area (Å²) in [6.45, 7) is -0.124. The first-order chi connectivity index (χ1) is 17.3. The van der Waals surface area contributed by atoms with Gasteiger partial charge in [-0.15, -0.1) is 0 Å². The van der Waals surface area contributed by atoms with E-state index in [4.69, 9.17) is 14.7 Å². The van der Waals surface area contributed by atoms with Crippen molar-refractivity contribution >= 4 is 44.7 Å². The molecule has 0 heterocycles. The third-order valence-corrected chi connectivity index (χ3v) is 7.10. The molecule has 3 aromatic rings. The molecule has 2 N–H and O–H groups in total. The topological polar surface area (TPSA) is 130 Å². The van der Waals surface area contributed by atoms with Crippen molar-refractivity contribution in [1.29, 1.82) is 5.26 Å². The molecule has 0 fully saturated rings. The lowest BCUT2D eigenvalue weighted by molar-refractivity contribution is -0.122. The summed E-state index contributed by atoms with van der Waals surface area (Å²) in [5.74, 6) is 0.172. The largest absolute Gasteiger partial charge is 0.493 e. The normalized spacial score (nSPS) is 12.0. The number of nitriles is 1. The Morgan fingerprint density at radius 3 is 2.50 bits per heavy atom. The molecular formula is C25H23IN4O5S. The highest BCUT2D eigenvalue weighted by molar-refractivity contribution is 14.1. The number of sulfonamides is 1. The van der Waals surface area contributed by atoms with Gasteiger partial charge in [0.2, 0.25) is 10.0 Å². The van der Waals surface area contributed by atoms with Crippen LogP contribution in [-0.4, -0.2) is 40.3 Å². The standard InChI is InChI=1S/C25H23IN4O5S/c1-34-24-16-19(7-12-23(24)35-14-13-27)17-28-29-25(31)22(15-18-5-3-2-4-6-18)30-36(32,33)21-10-8-20(26)9-11-21/h2-12,16-17,22,30H,14-15H2,1H3,(H,29,31)/b28-17-/t22-/m1/s1.